The van der Waals surface area contributed by atoms with E-state index in [4.69, 9.17) is 13.9 Å². The minimum absolute atomic E-state index is 0.272. The van der Waals surface area contributed by atoms with Crippen molar-refractivity contribution < 1.29 is 28.4 Å². The van der Waals surface area contributed by atoms with E-state index >= 15 is 0 Å². The van der Waals surface area contributed by atoms with Crippen LogP contribution in [0.25, 0.3) is 11.0 Å². The summed E-state index contributed by atoms with van der Waals surface area (Å²) >= 11 is 0. The second-order valence-electron chi connectivity index (χ2n) is 5.88. The molecule has 0 fully saturated rings. The lowest BCUT2D eigenvalue weighted by atomic mass is 10.0. The van der Waals surface area contributed by atoms with E-state index in [2.05, 4.69) is 0 Å². The van der Waals surface area contributed by atoms with E-state index in [9.17, 15) is 9.90 Å². The number of nitrogens with zero attached hydrogens (tertiary/aromatic N) is 1. The highest BCUT2D eigenvalue weighted by Gasteiger charge is 2.32. The Balaban J connectivity index is 2.10. The lowest BCUT2D eigenvalue weighted by Crippen LogP contribution is -2.48. The van der Waals surface area contributed by atoms with Gasteiger partial charge in [-0.1, -0.05) is 16.7 Å². The van der Waals surface area contributed by atoms with Gasteiger partial charge in [-0.3, -0.25) is 0 Å². The maximum absolute atomic E-state index is 12.5. The van der Waals surface area contributed by atoms with Crippen molar-refractivity contribution in [1.29, 1.82) is 0 Å². The topological polar surface area (TPSA) is 72.8 Å². The molecule has 3 rings (SSSR count). The first kappa shape index (κ1) is 17.0. The number of furan rings is 1. The third kappa shape index (κ3) is 3.34. The van der Waals surface area contributed by atoms with E-state index in [-0.39, 0.29) is 6.10 Å². The van der Waals surface area contributed by atoms with Crippen LogP contribution in [0.2, 0.25) is 0 Å². The van der Waals surface area contributed by atoms with Gasteiger partial charge in [0.2, 0.25) is 5.69 Å². The Hall–Kier alpha value is -2.86. The van der Waals surface area contributed by atoms with E-state index in [0.29, 0.717) is 28.0 Å². The zero-order valence-corrected chi connectivity index (χ0v) is 14.3. The van der Waals surface area contributed by atoms with Crippen molar-refractivity contribution in [2.24, 2.45) is 0 Å². The average Bonchev–Trinajstić information content (AvgIpc) is 3.08. The number of hydrogen-bond acceptors (Lipinski definition) is 5. The second-order valence-corrected chi connectivity index (χ2v) is 5.88. The highest BCUT2D eigenvalue weighted by Crippen LogP contribution is 2.28. The molecule has 6 nitrogen and oxygen atoms in total. The van der Waals surface area contributed by atoms with E-state index < -0.39 is 12.2 Å². The Kier molecular flexibility index (Phi) is 4.72. The van der Waals surface area contributed by atoms with Gasteiger partial charge in [-0.05, 0) is 37.6 Å². The molecule has 0 aliphatic heterocycles. The van der Waals surface area contributed by atoms with Crippen molar-refractivity contribution in [2.45, 2.75) is 26.1 Å². The van der Waals surface area contributed by atoms with E-state index in [1.807, 2.05) is 0 Å². The second kappa shape index (κ2) is 6.94. The number of pyridine rings is 1. The van der Waals surface area contributed by atoms with Gasteiger partial charge in [0.1, 0.15) is 17.4 Å². The average molecular weight is 342 g/mol. The van der Waals surface area contributed by atoms with E-state index in [1.54, 1.807) is 63.6 Å². The fourth-order valence-electron chi connectivity index (χ4n) is 2.65. The number of aliphatic hydroxyl groups excluding tert-OH is 1. The minimum Gasteiger partial charge on any atom is -0.497 e. The Labute approximate surface area is 145 Å². The number of benzene rings is 1. The van der Waals surface area contributed by atoms with Gasteiger partial charge in [-0.25, -0.2) is 0 Å². The number of carbonyl (C=O) groups excluding carboxylic acids is 1. The van der Waals surface area contributed by atoms with Gasteiger partial charge in [-0.15, -0.1) is 0 Å². The maximum Gasteiger partial charge on any atom is 0.602 e. The Morgan fingerprint density at radius 1 is 1.16 bits per heavy atom. The predicted octanol–water partition coefficient (Wildman–Crippen LogP) is 3.20. The van der Waals surface area contributed by atoms with Crippen LogP contribution in [0.3, 0.4) is 0 Å². The molecule has 0 aliphatic rings. The predicted molar refractivity (Wildman–Crippen MR) is 90.5 cm³/mol. The zero-order chi connectivity index (χ0) is 18.0. The van der Waals surface area contributed by atoms with Gasteiger partial charge < -0.3 is 19.0 Å². The molecular formula is C19H20NO5+. The number of aromatic nitrogens is 1. The minimum atomic E-state index is -1.04. The molecule has 0 amide bonds. The fourth-order valence-corrected chi connectivity index (χ4v) is 2.65. The van der Waals surface area contributed by atoms with Crippen LogP contribution in [0.1, 0.15) is 31.2 Å². The molecule has 0 spiro atoms. The first-order valence-corrected chi connectivity index (χ1v) is 7.96. The maximum atomic E-state index is 12.5. The van der Waals surface area contributed by atoms with Crippen LogP contribution in [0.4, 0.5) is 4.79 Å². The van der Waals surface area contributed by atoms with Crippen LogP contribution >= 0.6 is 0 Å². The normalized spacial score (nSPS) is 12.4. The summed E-state index contributed by atoms with van der Waals surface area (Å²) in [6, 6.07) is 10.4. The lowest BCUT2D eigenvalue weighted by Gasteiger charge is -2.12. The Morgan fingerprint density at radius 2 is 1.88 bits per heavy atom. The molecule has 0 saturated heterocycles. The first-order chi connectivity index (χ1) is 12.0. The van der Waals surface area contributed by atoms with Gasteiger partial charge in [0, 0.05) is 6.07 Å². The van der Waals surface area contributed by atoms with Gasteiger partial charge in [0.15, 0.2) is 12.3 Å². The van der Waals surface area contributed by atoms with Gasteiger partial charge in [0.05, 0.1) is 18.8 Å². The molecule has 25 heavy (non-hydrogen) atoms. The van der Waals surface area contributed by atoms with Crippen LogP contribution in [0.15, 0.2) is 53.3 Å². The molecule has 130 valence electrons. The summed E-state index contributed by atoms with van der Waals surface area (Å²) < 4.78 is 17.1. The molecule has 6 heteroatoms. The Morgan fingerprint density at radius 3 is 2.52 bits per heavy atom. The largest absolute Gasteiger partial charge is 0.602 e. The molecule has 0 radical (unpaired) electrons. The summed E-state index contributed by atoms with van der Waals surface area (Å²) in [5.41, 5.74) is 1.60. The van der Waals surface area contributed by atoms with Gasteiger partial charge in [0.25, 0.3) is 0 Å². The van der Waals surface area contributed by atoms with E-state index in [1.165, 1.54) is 10.8 Å². The molecule has 0 bridgehead atoms. The van der Waals surface area contributed by atoms with Crippen molar-refractivity contribution in [3.05, 3.63) is 60.1 Å². The summed E-state index contributed by atoms with van der Waals surface area (Å²) in [4.78, 5) is 12.5. The van der Waals surface area contributed by atoms with Crippen molar-refractivity contribution in [3.8, 4) is 5.75 Å². The van der Waals surface area contributed by atoms with Gasteiger partial charge in [-0.2, -0.15) is 4.79 Å². The van der Waals surface area contributed by atoms with Crippen LogP contribution in [0.5, 0.6) is 5.75 Å². The van der Waals surface area contributed by atoms with Crippen LogP contribution < -0.4 is 9.30 Å². The molecular weight excluding hydrogens is 322 g/mol. The smallest absolute Gasteiger partial charge is 0.497 e. The number of carbonyl (C=O) groups is 1. The number of methoxy groups -OCH3 is 1. The molecule has 1 unspecified atom stereocenters. The van der Waals surface area contributed by atoms with Crippen LogP contribution in [-0.2, 0) is 4.74 Å². The van der Waals surface area contributed by atoms with E-state index in [0.717, 1.165) is 0 Å². The third-order valence-corrected chi connectivity index (χ3v) is 3.83. The van der Waals surface area contributed by atoms with Crippen molar-refractivity contribution in [3.63, 3.8) is 0 Å². The summed E-state index contributed by atoms with van der Waals surface area (Å²) in [6.45, 7) is 3.54. The Bertz CT molecular complexity index is 882. The number of fused-ring (bicyclic) bond motifs is 1. The molecule has 2 heterocycles. The van der Waals surface area contributed by atoms with Crippen LogP contribution in [0, 0.1) is 0 Å². The molecule has 1 N–H and O–H groups in total. The summed E-state index contributed by atoms with van der Waals surface area (Å²) in [5, 5.41) is 11.6. The fraction of sp³-hybridized carbons (Fsp3) is 0.263. The highest BCUT2D eigenvalue weighted by molar-refractivity contribution is 5.80. The number of rotatable bonds is 4. The quantitative estimate of drug-likeness (QED) is 0.737. The summed E-state index contributed by atoms with van der Waals surface area (Å²) in [5.74, 6) is 0.685. The van der Waals surface area contributed by atoms with Crippen molar-refractivity contribution in [1.82, 2.24) is 0 Å². The molecule has 1 aromatic carbocycles. The number of hydrogen-bond donors (Lipinski definition) is 1. The zero-order valence-electron chi connectivity index (χ0n) is 14.3. The third-order valence-electron chi connectivity index (χ3n) is 3.83. The summed E-state index contributed by atoms with van der Waals surface area (Å²) in [7, 11) is 1.58. The summed E-state index contributed by atoms with van der Waals surface area (Å²) in [6.07, 6.45) is 1.20. The first-order valence-electron chi connectivity index (χ1n) is 7.96. The van der Waals surface area contributed by atoms with Gasteiger partial charge >= 0.3 is 6.09 Å². The standard InChI is InChI=1S/C19H20NO5/c1-12(2)25-19(22)20-10-8-16-15(9-11-24-16)17(20)18(21)13-4-6-14(23-3)7-5-13/h4-12,18,21H,1-3H3/q+1. The number of ether oxygens (including phenoxy) is 2. The van der Waals surface area contributed by atoms with Crippen molar-refractivity contribution >= 4 is 17.1 Å². The molecule has 0 saturated carbocycles. The monoisotopic (exact) mass is 342 g/mol. The SMILES string of the molecule is COc1ccc(C(O)c2c3ccoc3cc[n+]2C(=O)OC(C)C)cc1. The highest BCUT2D eigenvalue weighted by atomic mass is 16.6. The molecule has 1 atom stereocenters. The van der Waals surface area contributed by atoms with Crippen molar-refractivity contribution in [2.75, 3.05) is 7.11 Å². The molecule has 0 aliphatic carbocycles. The number of aliphatic hydroxyl groups is 1. The molecule has 2 aromatic heterocycles. The lowest BCUT2D eigenvalue weighted by molar-refractivity contribution is -0.597. The van der Waals surface area contributed by atoms with Crippen LogP contribution in [-0.4, -0.2) is 24.4 Å². The molecule has 3 aromatic rings.